The molecule has 3 rings (SSSR count). The number of pyridine rings is 1. The van der Waals surface area contributed by atoms with Gasteiger partial charge in [0.2, 0.25) is 5.56 Å². The molecule has 24 heavy (non-hydrogen) atoms. The Morgan fingerprint density at radius 1 is 1.04 bits per heavy atom. The maximum atomic E-state index is 12.8. The van der Waals surface area contributed by atoms with Crippen molar-refractivity contribution in [1.29, 1.82) is 0 Å². The Labute approximate surface area is 140 Å². The highest BCUT2D eigenvalue weighted by Crippen LogP contribution is 2.18. The predicted octanol–water partition coefficient (Wildman–Crippen LogP) is 3.58. The number of carbonyl (C=O) groups is 1. The Bertz CT molecular complexity index is 900. The molecule has 0 saturated heterocycles. The lowest BCUT2D eigenvalue weighted by Gasteiger charge is -2.23. The SMILES string of the molecule is CCCN(Cc1cc(=O)[nH]c2ccccc12)C(=O)c1ccccc1. The molecule has 1 N–H and O–H groups in total. The fourth-order valence-corrected chi connectivity index (χ4v) is 2.90. The lowest BCUT2D eigenvalue weighted by molar-refractivity contribution is 0.0744. The number of amides is 1. The number of nitrogens with one attached hydrogen (secondary N) is 1. The Hall–Kier alpha value is -2.88. The van der Waals surface area contributed by atoms with Crippen molar-refractivity contribution in [3.63, 3.8) is 0 Å². The molecule has 0 aliphatic rings. The van der Waals surface area contributed by atoms with Crippen molar-refractivity contribution in [2.24, 2.45) is 0 Å². The molecule has 122 valence electrons. The Morgan fingerprint density at radius 3 is 2.50 bits per heavy atom. The number of benzene rings is 2. The minimum absolute atomic E-state index is 0.0122. The summed E-state index contributed by atoms with van der Waals surface area (Å²) < 4.78 is 0. The number of hydrogen-bond acceptors (Lipinski definition) is 2. The van der Waals surface area contributed by atoms with E-state index in [1.165, 1.54) is 0 Å². The fourth-order valence-electron chi connectivity index (χ4n) is 2.90. The van der Waals surface area contributed by atoms with Crippen LogP contribution in [0.3, 0.4) is 0 Å². The van der Waals surface area contributed by atoms with Gasteiger partial charge < -0.3 is 9.88 Å². The minimum atomic E-state index is -0.146. The van der Waals surface area contributed by atoms with Crippen molar-refractivity contribution in [3.05, 3.63) is 82.1 Å². The highest BCUT2D eigenvalue weighted by atomic mass is 16.2. The van der Waals surface area contributed by atoms with Crippen LogP contribution in [0.25, 0.3) is 10.9 Å². The van der Waals surface area contributed by atoms with E-state index in [2.05, 4.69) is 4.98 Å². The monoisotopic (exact) mass is 320 g/mol. The van der Waals surface area contributed by atoms with Crippen LogP contribution in [0.1, 0.15) is 29.3 Å². The maximum Gasteiger partial charge on any atom is 0.254 e. The topological polar surface area (TPSA) is 53.2 Å². The van der Waals surface area contributed by atoms with Crippen molar-refractivity contribution in [2.45, 2.75) is 19.9 Å². The average Bonchev–Trinajstić information content (AvgIpc) is 2.61. The van der Waals surface area contributed by atoms with Crippen molar-refractivity contribution < 1.29 is 4.79 Å². The Balaban J connectivity index is 1.97. The van der Waals surface area contributed by atoms with E-state index in [1.807, 2.05) is 61.5 Å². The first kappa shape index (κ1) is 16.0. The maximum absolute atomic E-state index is 12.8. The van der Waals surface area contributed by atoms with E-state index in [1.54, 1.807) is 11.0 Å². The van der Waals surface area contributed by atoms with Gasteiger partial charge in [0.1, 0.15) is 0 Å². The molecule has 1 amide bonds. The van der Waals surface area contributed by atoms with Crippen LogP contribution in [-0.2, 0) is 6.54 Å². The summed E-state index contributed by atoms with van der Waals surface area (Å²) in [6, 6.07) is 18.5. The first-order valence-electron chi connectivity index (χ1n) is 8.14. The zero-order valence-electron chi connectivity index (χ0n) is 13.7. The molecule has 0 aliphatic carbocycles. The lowest BCUT2D eigenvalue weighted by atomic mass is 10.1. The number of aromatic nitrogens is 1. The van der Waals surface area contributed by atoms with E-state index < -0.39 is 0 Å². The molecule has 1 aromatic heterocycles. The van der Waals surface area contributed by atoms with Crippen LogP contribution in [0.5, 0.6) is 0 Å². The van der Waals surface area contributed by atoms with Gasteiger partial charge in [0.25, 0.3) is 5.91 Å². The summed E-state index contributed by atoms with van der Waals surface area (Å²) in [6.07, 6.45) is 0.861. The first-order valence-corrected chi connectivity index (χ1v) is 8.14. The van der Waals surface area contributed by atoms with E-state index in [0.29, 0.717) is 18.7 Å². The first-order chi connectivity index (χ1) is 11.7. The van der Waals surface area contributed by atoms with Crippen molar-refractivity contribution >= 4 is 16.8 Å². The van der Waals surface area contributed by atoms with Gasteiger partial charge in [-0.1, -0.05) is 43.3 Å². The summed E-state index contributed by atoms with van der Waals surface area (Å²) in [6.45, 7) is 3.11. The van der Waals surface area contributed by atoms with Gasteiger partial charge in [-0.15, -0.1) is 0 Å². The number of aromatic amines is 1. The normalized spacial score (nSPS) is 10.7. The molecule has 4 nitrogen and oxygen atoms in total. The summed E-state index contributed by atoms with van der Waals surface area (Å²) in [5, 5.41) is 0.971. The Kier molecular flexibility index (Phi) is 4.75. The standard InChI is InChI=1S/C20H20N2O2/c1-2-12-22(20(24)15-8-4-3-5-9-15)14-16-13-19(23)21-18-11-7-6-10-17(16)18/h3-11,13H,2,12,14H2,1H3,(H,21,23). The van der Waals surface area contributed by atoms with Crippen LogP contribution in [0.15, 0.2) is 65.5 Å². The van der Waals surface area contributed by atoms with E-state index in [-0.39, 0.29) is 11.5 Å². The average molecular weight is 320 g/mol. The van der Waals surface area contributed by atoms with Gasteiger partial charge in [-0.05, 0) is 30.2 Å². The van der Waals surface area contributed by atoms with E-state index in [9.17, 15) is 9.59 Å². The van der Waals surface area contributed by atoms with E-state index in [4.69, 9.17) is 0 Å². The fraction of sp³-hybridized carbons (Fsp3) is 0.200. The summed E-state index contributed by atoms with van der Waals surface area (Å²) in [5.74, 6) is -0.0122. The van der Waals surface area contributed by atoms with E-state index >= 15 is 0 Å². The van der Waals surface area contributed by atoms with Gasteiger partial charge >= 0.3 is 0 Å². The van der Waals surface area contributed by atoms with Crippen LogP contribution in [0.2, 0.25) is 0 Å². The van der Waals surface area contributed by atoms with E-state index in [0.717, 1.165) is 22.9 Å². The van der Waals surface area contributed by atoms with Crippen LogP contribution in [0.4, 0.5) is 0 Å². The second-order valence-corrected chi connectivity index (χ2v) is 5.80. The lowest BCUT2D eigenvalue weighted by Crippen LogP contribution is -2.31. The van der Waals surface area contributed by atoms with Gasteiger partial charge in [-0.3, -0.25) is 9.59 Å². The molecule has 0 radical (unpaired) electrons. The molecule has 1 heterocycles. The van der Waals surface area contributed by atoms with Crippen LogP contribution in [0, 0.1) is 0 Å². The molecule has 0 bridgehead atoms. The number of hydrogen-bond donors (Lipinski definition) is 1. The number of para-hydroxylation sites is 1. The second kappa shape index (κ2) is 7.13. The quantitative estimate of drug-likeness (QED) is 0.781. The zero-order valence-corrected chi connectivity index (χ0v) is 13.7. The number of carbonyl (C=O) groups excluding carboxylic acids is 1. The minimum Gasteiger partial charge on any atom is -0.334 e. The summed E-state index contributed by atoms with van der Waals surface area (Å²) in [7, 11) is 0. The molecule has 0 unspecified atom stereocenters. The third-order valence-corrected chi connectivity index (χ3v) is 4.00. The number of rotatable bonds is 5. The van der Waals surface area contributed by atoms with Gasteiger partial charge in [0, 0.05) is 35.6 Å². The second-order valence-electron chi connectivity index (χ2n) is 5.80. The molecule has 0 atom stereocenters. The highest BCUT2D eigenvalue weighted by molar-refractivity contribution is 5.94. The van der Waals surface area contributed by atoms with Gasteiger partial charge in [-0.2, -0.15) is 0 Å². The molecular weight excluding hydrogens is 300 g/mol. The largest absolute Gasteiger partial charge is 0.334 e. The Morgan fingerprint density at radius 2 is 1.75 bits per heavy atom. The van der Waals surface area contributed by atoms with Gasteiger partial charge in [-0.25, -0.2) is 0 Å². The predicted molar refractivity (Wildman–Crippen MR) is 96.0 cm³/mol. The van der Waals surface area contributed by atoms with Gasteiger partial charge in [0.05, 0.1) is 0 Å². The zero-order chi connectivity index (χ0) is 16.9. The highest BCUT2D eigenvalue weighted by Gasteiger charge is 2.16. The van der Waals surface area contributed by atoms with Crippen molar-refractivity contribution in [1.82, 2.24) is 9.88 Å². The summed E-state index contributed by atoms with van der Waals surface area (Å²) >= 11 is 0. The molecule has 0 saturated carbocycles. The number of H-pyrrole nitrogens is 1. The van der Waals surface area contributed by atoms with Gasteiger partial charge in [0.15, 0.2) is 0 Å². The third-order valence-electron chi connectivity index (χ3n) is 4.00. The molecular formula is C20H20N2O2. The van der Waals surface area contributed by atoms with Crippen LogP contribution >= 0.6 is 0 Å². The molecule has 3 aromatic rings. The van der Waals surface area contributed by atoms with Crippen molar-refractivity contribution in [3.8, 4) is 0 Å². The van der Waals surface area contributed by atoms with Crippen LogP contribution < -0.4 is 5.56 Å². The van der Waals surface area contributed by atoms with Crippen molar-refractivity contribution in [2.75, 3.05) is 6.54 Å². The molecule has 0 fully saturated rings. The smallest absolute Gasteiger partial charge is 0.254 e. The molecule has 0 aliphatic heterocycles. The number of fused-ring (bicyclic) bond motifs is 1. The summed E-state index contributed by atoms with van der Waals surface area (Å²) in [4.78, 5) is 29.4. The summed E-state index contributed by atoms with van der Waals surface area (Å²) in [5.41, 5.74) is 2.18. The third kappa shape index (κ3) is 3.38. The number of nitrogens with zero attached hydrogens (tertiary/aromatic N) is 1. The molecule has 4 heteroatoms. The molecule has 2 aromatic carbocycles. The molecule has 0 spiro atoms. The van der Waals surface area contributed by atoms with Crippen LogP contribution in [-0.4, -0.2) is 22.3 Å².